The lowest BCUT2D eigenvalue weighted by Gasteiger charge is -2.05. The largest absolute Gasteiger partial charge is 0.507 e. The van der Waals surface area contributed by atoms with Gasteiger partial charge in [-0.1, -0.05) is 35.3 Å². The number of nitrogens with one attached hydrogen (secondary N) is 2. The van der Waals surface area contributed by atoms with Gasteiger partial charge in [0.25, 0.3) is 11.7 Å². The third-order valence-electron chi connectivity index (χ3n) is 4.54. The normalized spacial score (nSPS) is 11.1. The number of rotatable bonds is 7. The minimum Gasteiger partial charge on any atom is -0.507 e. The summed E-state index contributed by atoms with van der Waals surface area (Å²) in [6, 6.07) is 21.4. The van der Waals surface area contributed by atoms with E-state index in [1.807, 2.05) is 28.8 Å². The van der Waals surface area contributed by atoms with E-state index >= 15 is 0 Å². The minimum atomic E-state index is -0.314. The van der Waals surface area contributed by atoms with Crippen LogP contribution in [0.2, 0.25) is 10.0 Å². The number of thioether (sulfide) groups is 1. The lowest BCUT2D eigenvalue weighted by molar-refractivity contribution is -0.625. The number of hydrogen-bond donors (Lipinski definition) is 3. The Morgan fingerprint density at radius 1 is 1.06 bits per heavy atom. The molecule has 0 aliphatic heterocycles. The number of nitrogens with zero attached hydrogens (tertiary/aromatic N) is 3. The lowest BCUT2D eigenvalue weighted by Crippen LogP contribution is -2.34. The van der Waals surface area contributed by atoms with Crippen LogP contribution in [0.3, 0.4) is 0 Å². The fourth-order valence-corrected chi connectivity index (χ4v) is 3.97. The second kappa shape index (κ2) is 10.5. The van der Waals surface area contributed by atoms with Gasteiger partial charge in [-0.05, 0) is 72.4 Å². The molecule has 0 radical (unpaired) electrons. The summed E-state index contributed by atoms with van der Waals surface area (Å²) >= 11 is 13.3. The molecule has 0 fully saturated rings. The van der Waals surface area contributed by atoms with Crippen LogP contribution in [0.15, 0.2) is 83.1 Å². The number of carbonyl (C=O) groups is 1. The van der Waals surface area contributed by atoms with Crippen LogP contribution in [0.4, 0.5) is 0 Å². The summed E-state index contributed by atoms with van der Waals surface area (Å²) in [6.45, 7) is 0. The molecule has 33 heavy (non-hydrogen) atoms. The molecule has 0 saturated heterocycles. The van der Waals surface area contributed by atoms with Crippen molar-refractivity contribution in [3.8, 4) is 22.8 Å². The molecule has 0 saturated carbocycles. The van der Waals surface area contributed by atoms with E-state index in [2.05, 4.69) is 20.7 Å². The fourth-order valence-electron chi connectivity index (χ4n) is 2.96. The maximum Gasteiger partial charge on any atom is 0.342 e. The summed E-state index contributed by atoms with van der Waals surface area (Å²) in [4.78, 5) is 12.3. The van der Waals surface area contributed by atoms with Gasteiger partial charge in [-0.25, -0.2) is 5.43 Å². The van der Waals surface area contributed by atoms with E-state index in [9.17, 15) is 9.90 Å². The first kappa shape index (κ1) is 22.8. The van der Waals surface area contributed by atoms with Crippen LogP contribution < -0.4 is 9.99 Å². The van der Waals surface area contributed by atoms with Crippen molar-refractivity contribution in [1.82, 2.24) is 15.6 Å². The molecule has 0 aliphatic carbocycles. The van der Waals surface area contributed by atoms with Gasteiger partial charge >= 0.3 is 5.16 Å². The number of aromatic nitrogens is 3. The number of halogens is 2. The van der Waals surface area contributed by atoms with Crippen LogP contribution in [0.5, 0.6) is 5.75 Å². The molecule has 0 unspecified atom stereocenters. The third kappa shape index (κ3) is 5.73. The third-order valence-corrected chi connectivity index (χ3v) is 5.98. The number of para-hydroxylation sites is 1. The molecule has 3 N–H and O–H groups in total. The van der Waals surface area contributed by atoms with Crippen LogP contribution in [0.1, 0.15) is 5.56 Å². The van der Waals surface area contributed by atoms with Gasteiger partial charge in [-0.2, -0.15) is 9.67 Å². The Morgan fingerprint density at radius 3 is 2.42 bits per heavy atom. The second-order valence-electron chi connectivity index (χ2n) is 6.81. The van der Waals surface area contributed by atoms with Crippen LogP contribution >= 0.6 is 35.0 Å². The quantitative estimate of drug-likeness (QED) is 0.150. The smallest absolute Gasteiger partial charge is 0.342 e. The Hall–Kier alpha value is -3.33. The van der Waals surface area contributed by atoms with E-state index in [0.29, 0.717) is 20.8 Å². The number of benzene rings is 3. The molecule has 1 heterocycles. The molecule has 0 bridgehead atoms. The van der Waals surface area contributed by atoms with Crippen molar-refractivity contribution >= 4 is 47.1 Å². The van der Waals surface area contributed by atoms with Crippen molar-refractivity contribution < 1.29 is 14.5 Å². The average molecular weight is 499 g/mol. The van der Waals surface area contributed by atoms with E-state index in [4.69, 9.17) is 23.2 Å². The molecule has 0 aliphatic rings. The van der Waals surface area contributed by atoms with Crippen LogP contribution in [0.25, 0.3) is 17.1 Å². The van der Waals surface area contributed by atoms with Crippen molar-refractivity contribution in [2.24, 2.45) is 5.10 Å². The van der Waals surface area contributed by atoms with Gasteiger partial charge in [0.2, 0.25) is 0 Å². The Bertz CT molecular complexity index is 1290. The van der Waals surface area contributed by atoms with E-state index in [0.717, 1.165) is 17.1 Å². The van der Waals surface area contributed by atoms with E-state index in [-0.39, 0.29) is 17.4 Å². The zero-order chi connectivity index (χ0) is 23.2. The Morgan fingerprint density at radius 2 is 1.73 bits per heavy atom. The molecule has 0 atom stereocenters. The first-order chi connectivity index (χ1) is 16.0. The van der Waals surface area contributed by atoms with Gasteiger partial charge in [0, 0.05) is 15.6 Å². The fraction of sp³-hybridized carbons (Fsp3) is 0.0435. The summed E-state index contributed by atoms with van der Waals surface area (Å²) in [5, 5.41) is 23.0. The number of phenols is 1. The van der Waals surface area contributed by atoms with Crippen molar-refractivity contribution in [2.45, 2.75) is 5.16 Å². The topological polar surface area (TPSA) is 94.3 Å². The SMILES string of the molecule is O=C(CSc1n[nH]c(-c2ccc(Cl)cc2)[n+]1-c1ccc(Cl)cc1)NN=Cc1ccccc1O. The Balaban J connectivity index is 1.52. The molecular weight excluding hydrogens is 481 g/mol. The number of hydrazone groups is 1. The number of hydrogen-bond acceptors (Lipinski definition) is 5. The molecule has 10 heteroatoms. The zero-order valence-electron chi connectivity index (χ0n) is 17.1. The summed E-state index contributed by atoms with van der Waals surface area (Å²) in [5.41, 5.74) is 4.68. The van der Waals surface area contributed by atoms with Gasteiger partial charge in [-0.15, -0.1) is 5.10 Å². The summed E-state index contributed by atoms with van der Waals surface area (Å²) in [5.74, 6) is 0.580. The second-order valence-corrected chi connectivity index (χ2v) is 8.63. The highest BCUT2D eigenvalue weighted by Gasteiger charge is 2.24. The molecule has 4 aromatic rings. The Kier molecular flexibility index (Phi) is 7.29. The predicted octanol–water partition coefficient (Wildman–Crippen LogP) is 4.61. The van der Waals surface area contributed by atoms with Gasteiger partial charge in [0.15, 0.2) is 0 Å². The van der Waals surface area contributed by atoms with Crippen molar-refractivity contribution in [1.29, 1.82) is 0 Å². The molecule has 166 valence electrons. The van der Waals surface area contributed by atoms with Gasteiger partial charge in [-0.3, -0.25) is 4.79 Å². The highest BCUT2D eigenvalue weighted by Crippen LogP contribution is 2.22. The maximum absolute atomic E-state index is 12.3. The molecule has 1 aromatic heterocycles. The predicted molar refractivity (Wildman–Crippen MR) is 130 cm³/mol. The number of carbonyl (C=O) groups excluding carboxylic acids is 1. The van der Waals surface area contributed by atoms with Crippen LogP contribution in [0, 0.1) is 0 Å². The lowest BCUT2D eigenvalue weighted by atomic mass is 10.2. The van der Waals surface area contributed by atoms with Gasteiger partial charge < -0.3 is 5.11 Å². The van der Waals surface area contributed by atoms with E-state index in [1.54, 1.807) is 48.5 Å². The molecule has 1 amide bonds. The van der Waals surface area contributed by atoms with Gasteiger partial charge in [0.1, 0.15) is 11.4 Å². The summed E-state index contributed by atoms with van der Waals surface area (Å²) in [7, 11) is 0. The van der Waals surface area contributed by atoms with Crippen LogP contribution in [-0.4, -0.2) is 33.2 Å². The highest BCUT2D eigenvalue weighted by atomic mass is 35.5. The van der Waals surface area contributed by atoms with E-state index < -0.39 is 0 Å². The minimum absolute atomic E-state index is 0.0800. The summed E-state index contributed by atoms with van der Waals surface area (Å²) in [6.07, 6.45) is 1.39. The number of H-pyrrole nitrogens is 1. The summed E-state index contributed by atoms with van der Waals surface area (Å²) < 4.78 is 1.91. The Labute approximate surface area is 204 Å². The number of phenolic OH excluding ortho intramolecular Hbond substituents is 1. The molecule has 0 spiro atoms. The zero-order valence-corrected chi connectivity index (χ0v) is 19.4. The van der Waals surface area contributed by atoms with Crippen molar-refractivity contribution in [3.05, 3.63) is 88.4 Å². The number of aromatic hydroxyl groups is 1. The maximum atomic E-state index is 12.3. The van der Waals surface area contributed by atoms with Gasteiger partial charge in [0.05, 0.1) is 22.6 Å². The number of amides is 1. The average Bonchev–Trinajstić information content (AvgIpc) is 3.24. The standard InChI is InChI=1S/C23H17Cl2N5O2S/c24-17-7-5-15(6-8-17)22-28-29-23(30(22)19-11-9-18(25)10-12-19)33-14-21(32)27-26-13-16-3-1-2-4-20(16)31/h1-13H,14H2,(H2,26,27,31,32)/p+1. The van der Waals surface area contributed by atoms with E-state index in [1.165, 1.54) is 18.0 Å². The molecule has 3 aromatic carbocycles. The molecular formula is C23H18Cl2N5O2S+. The highest BCUT2D eigenvalue weighted by molar-refractivity contribution is 7.99. The number of aromatic amines is 1. The van der Waals surface area contributed by atoms with Crippen molar-refractivity contribution in [2.75, 3.05) is 5.75 Å². The van der Waals surface area contributed by atoms with Crippen molar-refractivity contribution in [3.63, 3.8) is 0 Å². The molecule has 4 rings (SSSR count). The first-order valence-corrected chi connectivity index (χ1v) is 11.5. The first-order valence-electron chi connectivity index (χ1n) is 9.76. The monoisotopic (exact) mass is 498 g/mol. The molecule has 7 nitrogen and oxygen atoms in total. The van der Waals surface area contributed by atoms with Crippen LogP contribution in [-0.2, 0) is 4.79 Å².